The standard InChI is InChI=1S/C14H23N3O3/c1-9-5-11(16-15-9)6-10-7-17(8-12(10)18)13(19)14(2,3)20-4/h5,10,12,18H,6-8H2,1-4H3,(H,15,16)/t10-,12-/m1/s1. The Morgan fingerprint density at radius 2 is 2.30 bits per heavy atom. The van der Waals surface area contributed by atoms with E-state index in [9.17, 15) is 9.90 Å². The fourth-order valence-corrected chi connectivity index (χ4v) is 2.54. The number of ether oxygens (including phenoxy) is 1. The lowest BCUT2D eigenvalue weighted by Gasteiger charge is -2.27. The Hall–Kier alpha value is -1.40. The first-order chi connectivity index (χ1) is 9.33. The molecule has 2 atom stereocenters. The second-order valence-electron chi connectivity index (χ2n) is 6.00. The Balaban J connectivity index is 2.00. The Morgan fingerprint density at radius 1 is 1.60 bits per heavy atom. The molecule has 0 unspecified atom stereocenters. The summed E-state index contributed by atoms with van der Waals surface area (Å²) in [6.07, 6.45) is 0.159. The molecule has 20 heavy (non-hydrogen) atoms. The van der Waals surface area contributed by atoms with Gasteiger partial charge in [-0.3, -0.25) is 9.89 Å². The summed E-state index contributed by atoms with van der Waals surface area (Å²) in [6, 6.07) is 1.97. The van der Waals surface area contributed by atoms with Crippen molar-refractivity contribution < 1.29 is 14.6 Å². The predicted molar refractivity (Wildman–Crippen MR) is 74.2 cm³/mol. The van der Waals surface area contributed by atoms with Crippen molar-refractivity contribution in [2.75, 3.05) is 20.2 Å². The van der Waals surface area contributed by atoms with Crippen LogP contribution in [0, 0.1) is 12.8 Å². The number of nitrogens with zero attached hydrogens (tertiary/aromatic N) is 2. The van der Waals surface area contributed by atoms with Crippen LogP contribution in [-0.2, 0) is 16.0 Å². The van der Waals surface area contributed by atoms with Crippen molar-refractivity contribution in [2.24, 2.45) is 5.92 Å². The Bertz CT molecular complexity index is 484. The first-order valence-corrected chi connectivity index (χ1v) is 6.87. The highest BCUT2D eigenvalue weighted by Crippen LogP contribution is 2.24. The van der Waals surface area contributed by atoms with Gasteiger partial charge in [0, 0.05) is 31.8 Å². The van der Waals surface area contributed by atoms with E-state index in [4.69, 9.17) is 4.74 Å². The maximum Gasteiger partial charge on any atom is 0.254 e. The number of aromatic nitrogens is 2. The third kappa shape index (κ3) is 3.02. The zero-order chi connectivity index (χ0) is 14.9. The number of carbonyl (C=O) groups excluding carboxylic acids is 1. The molecule has 6 heteroatoms. The Labute approximate surface area is 119 Å². The molecule has 2 heterocycles. The molecule has 0 saturated carbocycles. The molecule has 1 aromatic rings. The molecule has 1 fully saturated rings. The van der Waals surface area contributed by atoms with Crippen molar-refractivity contribution in [2.45, 2.75) is 38.9 Å². The second-order valence-corrected chi connectivity index (χ2v) is 6.00. The summed E-state index contributed by atoms with van der Waals surface area (Å²) < 4.78 is 5.21. The number of rotatable bonds is 4. The number of aliphatic hydroxyl groups is 1. The maximum absolute atomic E-state index is 12.3. The average molecular weight is 281 g/mol. The number of β-amino-alcohol motifs (C(OH)–C–C–N with tert-alkyl or cyclic N) is 1. The van der Waals surface area contributed by atoms with E-state index in [1.807, 2.05) is 13.0 Å². The number of H-pyrrole nitrogens is 1. The molecule has 2 rings (SSSR count). The van der Waals surface area contributed by atoms with Gasteiger partial charge in [-0.1, -0.05) is 0 Å². The van der Waals surface area contributed by atoms with Crippen LogP contribution >= 0.6 is 0 Å². The van der Waals surface area contributed by atoms with Gasteiger partial charge in [0.15, 0.2) is 0 Å². The van der Waals surface area contributed by atoms with Gasteiger partial charge >= 0.3 is 0 Å². The number of hydrogen-bond donors (Lipinski definition) is 2. The van der Waals surface area contributed by atoms with E-state index < -0.39 is 11.7 Å². The van der Waals surface area contributed by atoms with Gasteiger partial charge in [0.2, 0.25) is 0 Å². The topological polar surface area (TPSA) is 78.5 Å². The number of hydrogen-bond acceptors (Lipinski definition) is 4. The number of aromatic amines is 1. The number of amides is 1. The van der Waals surface area contributed by atoms with Crippen molar-refractivity contribution in [3.05, 3.63) is 17.5 Å². The highest BCUT2D eigenvalue weighted by molar-refractivity contribution is 5.84. The van der Waals surface area contributed by atoms with Gasteiger partial charge in [-0.2, -0.15) is 5.10 Å². The van der Waals surface area contributed by atoms with Crippen LogP contribution in [0.5, 0.6) is 0 Å². The van der Waals surface area contributed by atoms with E-state index in [2.05, 4.69) is 10.2 Å². The summed E-state index contributed by atoms with van der Waals surface area (Å²) in [7, 11) is 1.52. The van der Waals surface area contributed by atoms with E-state index in [0.29, 0.717) is 19.5 Å². The molecule has 1 amide bonds. The fourth-order valence-electron chi connectivity index (χ4n) is 2.54. The second kappa shape index (κ2) is 5.54. The number of nitrogens with one attached hydrogen (secondary N) is 1. The van der Waals surface area contributed by atoms with E-state index in [1.165, 1.54) is 7.11 Å². The van der Waals surface area contributed by atoms with E-state index in [-0.39, 0.29) is 11.8 Å². The van der Waals surface area contributed by atoms with E-state index >= 15 is 0 Å². The lowest BCUT2D eigenvalue weighted by atomic mass is 10.00. The summed E-state index contributed by atoms with van der Waals surface area (Å²) in [6.45, 7) is 6.33. The minimum absolute atomic E-state index is 0.0225. The normalized spacial score (nSPS) is 23.4. The van der Waals surface area contributed by atoms with Gasteiger partial charge in [0.25, 0.3) is 5.91 Å². The predicted octanol–water partition coefficient (Wildman–Crippen LogP) is 0.505. The summed E-state index contributed by atoms with van der Waals surface area (Å²) in [5.74, 6) is -0.0611. The lowest BCUT2D eigenvalue weighted by molar-refractivity contribution is -0.150. The number of aryl methyl sites for hydroxylation is 1. The van der Waals surface area contributed by atoms with Crippen LogP contribution in [0.25, 0.3) is 0 Å². The molecule has 1 aromatic heterocycles. The first kappa shape index (κ1) is 15.0. The number of methoxy groups -OCH3 is 1. The average Bonchev–Trinajstić information content (AvgIpc) is 2.96. The minimum Gasteiger partial charge on any atom is -0.391 e. The monoisotopic (exact) mass is 281 g/mol. The van der Waals surface area contributed by atoms with Crippen LogP contribution in [0.3, 0.4) is 0 Å². The van der Waals surface area contributed by atoms with Crippen LogP contribution in [-0.4, -0.2) is 58.0 Å². The van der Waals surface area contributed by atoms with Crippen molar-refractivity contribution in [3.63, 3.8) is 0 Å². The fraction of sp³-hybridized carbons (Fsp3) is 0.714. The van der Waals surface area contributed by atoms with Crippen LogP contribution in [0.1, 0.15) is 25.2 Å². The third-order valence-electron chi connectivity index (χ3n) is 3.95. The molecule has 0 bridgehead atoms. The quantitative estimate of drug-likeness (QED) is 0.842. The molecular formula is C14H23N3O3. The lowest BCUT2D eigenvalue weighted by Crippen LogP contribution is -2.45. The maximum atomic E-state index is 12.3. The van der Waals surface area contributed by atoms with Gasteiger partial charge in [-0.05, 0) is 33.3 Å². The summed E-state index contributed by atoms with van der Waals surface area (Å²) in [5, 5.41) is 17.2. The molecule has 6 nitrogen and oxygen atoms in total. The van der Waals surface area contributed by atoms with E-state index in [1.54, 1.807) is 18.7 Å². The van der Waals surface area contributed by atoms with Gasteiger partial charge in [-0.25, -0.2) is 0 Å². The van der Waals surface area contributed by atoms with E-state index in [0.717, 1.165) is 11.4 Å². The molecule has 1 aliphatic heterocycles. The Morgan fingerprint density at radius 3 is 2.85 bits per heavy atom. The zero-order valence-corrected chi connectivity index (χ0v) is 12.5. The van der Waals surface area contributed by atoms with Crippen molar-refractivity contribution in [3.8, 4) is 0 Å². The largest absolute Gasteiger partial charge is 0.391 e. The van der Waals surface area contributed by atoms with Gasteiger partial charge in [0.1, 0.15) is 5.60 Å². The van der Waals surface area contributed by atoms with Crippen LogP contribution in [0.15, 0.2) is 6.07 Å². The highest BCUT2D eigenvalue weighted by Gasteiger charge is 2.40. The summed E-state index contributed by atoms with van der Waals surface area (Å²) in [4.78, 5) is 14.0. The van der Waals surface area contributed by atoms with Crippen molar-refractivity contribution in [1.29, 1.82) is 0 Å². The zero-order valence-electron chi connectivity index (χ0n) is 12.5. The first-order valence-electron chi connectivity index (χ1n) is 6.87. The van der Waals surface area contributed by atoms with Crippen LogP contribution < -0.4 is 0 Å². The molecule has 0 aliphatic carbocycles. The molecule has 0 spiro atoms. The van der Waals surface area contributed by atoms with Crippen LogP contribution in [0.4, 0.5) is 0 Å². The number of carbonyl (C=O) groups is 1. The summed E-state index contributed by atoms with van der Waals surface area (Å²) in [5.41, 5.74) is 1.07. The van der Waals surface area contributed by atoms with Gasteiger partial charge in [0.05, 0.1) is 11.8 Å². The number of aliphatic hydroxyl groups excluding tert-OH is 1. The third-order valence-corrected chi connectivity index (χ3v) is 3.95. The number of likely N-dealkylation sites (tertiary alicyclic amines) is 1. The smallest absolute Gasteiger partial charge is 0.254 e. The molecule has 0 radical (unpaired) electrons. The molecule has 2 N–H and O–H groups in total. The summed E-state index contributed by atoms with van der Waals surface area (Å²) >= 11 is 0. The molecule has 112 valence electrons. The van der Waals surface area contributed by atoms with Crippen molar-refractivity contribution in [1.82, 2.24) is 15.1 Å². The van der Waals surface area contributed by atoms with Gasteiger partial charge < -0.3 is 14.7 Å². The molecular weight excluding hydrogens is 258 g/mol. The van der Waals surface area contributed by atoms with Crippen LogP contribution in [0.2, 0.25) is 0 Å². The molecule has 1 aliphatic rings. The van der Waals surface area contributed by atoms with Crippen molar-refractivity contribution >= 4 is 5.91 Å². The molecule has 1 saturated heterocycles. The Kier molecular flexibility index (Phi) is 4.15. The van der Waals surface area contributed by atoms with Gasteiger partial charge in [-0.15, -0.1) is 0 Å². The minimum atomic E-state index is -0.850. The molecule has 0 aromatic carbocycles. The highest BCUT2D eigenvalue weighted by atomic mass is 16.5. The SMILES string of the molecule is COC(C)(C)C(=O)N1C[C@@H](Cc2cc(C)[nH]n2)[C@H](O)C1.